The number of sulfonamides is 1. The van der Waals surface area contributed by atoms with Gasteiger partial charge in [-0.1, -0.05) is 48.0 Å². The fourth-order valence-corrected chi connectivity index (χ4v) is 5.01. The van der Waals surface area contributed by atoms with Crippen LogP contribution in [0, 0.1) is 6.92 Å². The largest absolute Gasteiger partial charge is 0.271 e. The topological polar surface area (TPSA) is 110 Å². The van der Waals surface area contributed by atoms with Crippen molar-refractivity contribution < 1.29 is 13.2 Å². The number of carbonyl (C=O) groups excluding carboxylic acids is 1. The third-order valence-corrected chi connectivity index (χ3v) is 7.12. The number of carbonyl (C=O) groups is 1. The van der Waals surface area contributed by atoms with E-state index in [0.29, 0.717) is 5.56 Å². The number of hydrogen-bond donors (Lipinski definition) is 1. The van der Waals surface area contributed by atoms with E-state index in [-0.39, 0.29) is 15.7 Å². The molecule has 0 spiro atoms. The average Bonchev–Trinajstić information content (AvgIpc) is 3.17. The smallest absolute Gasteiger partial charge is 0.264 e. The lowest BCUT2D eigenvalue weighted by Gasteiger charge is -2.23. The van der Waals surface area contributed by atoms with Gasteiger partial charge in [0.1, 0.15) is 6.54 Å². The Kier molecular flexibility index (Phi) is 7.23. The van der Waals surface area contributed by atoms with Crippen LogP contribution in [0.25, 0.3) is 5.69 Å². The van der Waals surface area contributed by atoms with Crippen LogP contribution < -0.4 is 9.73 Å². The van der Waals surface area contributed by atoms with E-state index >= 15 is 0 Å². The molecule has 0 bridgehead atoms. The van der Waals surface area contributed by atoms with E-state index in [0.717, 1.165) is 15.7 Å². The minimum atomic E-state index is -4.02. The van der Waals surface area contributed by atoms with E-state index in [1.54, 1.807) is 35.0 Å². The zero-order valence-corrected chi connectivity index (χ0v) is 20.2. The summed E-state index contributed by atoms with van der Waals surface area (Å²) in [7, 11) is -4.02. The highest BCUT2D eigenvalue weighted by Crippen LogP contribution is 2.23. The molecule has 2 aromatic carbocycles. The van der Waals surface area contributed by atoms with Gasteiger partial charge in [-0.2, -0.15) is 10.2 Å². The molecule has 0 atom stereocenters. The molecule has 1 amide bonds. The normalized spacial score (nSPS) is 11.5. The molecule has 0 aliphatic rings. The number of hydrogen-bond acceptors (Lipinski definition) is 6. The van der Waals surface area contributed by atoms with Gasteiger partial charge in [-0.3, -0.25) is 14.1 Å². The van der Waals surface area contributed by atoms with E-state index in [1.807, 2.05) is 37.3 Å². The second kappa shape index (κ2) is 10.5. The van der Waals surface area contributed by atoms with Crippen molar-refractivity contribution in [1.82, 2.24) is 20.2 Å². The molecule has 0 radical (unpaired) electrons. The first-order valence-electron chi connectivity index (χ1n) is 10.5. The molecule has 0 fully saturated rings. The maximum atomic E-state index is 13.2. The Labute approximate surface area is 207 Å². The van der Waals surface area contributed by atoms with Crippen LogP contribution in [0.15, 0.2) is 95.2 Å². The maximum Gasteiger partial charge on any atom is 0.264 e. The molecule has 4 aromatic rings. The van der Waals surface area contributed by atoms with Crippen LogP contribution >= 0.6 is 11.6 Å². The minimum absolute atomic E-state index is 0.0517. The number of anilines is 1. The Morgan fingerprint density at radius 2 is 1.77 bits per heavy atom. The van der Waals surface area contributed by atoms with Crippen molar-refractivity contribution in [2.24, 2.45) is 5.10 Å². The molecule has 0 unspecified atom stereocenters. The Morgan fingerprint density at radius 1 is 1.09 bits per heavy atom. The molecular formula is C24H21ClN6O3S. The van der Waals surface area contributed by atoms with Crippen LogP contribution in [-0.4, -0.2) is 41.8 Å². The number of nitrogens with one attached hydrogen (secondary N) is 1. The molecule has 0 saturated heterocycles. The van der Waals surface area contributed by atoms with Crippen LogP contribution in [0.1, 0.15) is 11.3 Å². The van der Waals surface area contributed by atoms with Crippen LogP contribution in [0.3, 0.4) is 0 Å². The van der Waals surface area contributed by atoms with Crippen molar-refractivity contribution in [3.63, 3.8) is 0 Å². The van der Waals surface area contributed by atoms with E-state index in [4.69, 9.17) is 11.6 Å². The first-order chi connectivity index (χ1) is 16.9. The number of rotatable bonds is 8. The zero-order valence-electron chi connectivity index (χ0n) is 18.6. The molecule has 11 heteroatoms. The summed E-state index contributed by atoms with van der Waals surface area (Å²) < 4.78 is 29.1. The quantitative estimate of drug-likeness (QED) is 0.289. The summed E-state index contributed by atoms with van der Waals surface area (Å²) in [5.74, 6) is -0.645. The molecule has 2 heterocycles. The van der Waals surface area contributed by atoms with Crippen LogP contribution in [0.5, 0.6) is 0 Å². The first kappa shape index (κ1) is 24.1. The molecule has 178 valence electrons. The monoisotopic (exact) mass is 508 g/mol. The summed E-state index contributed by atoms with van der Waals surface area (Å²) in [4.78, 5) is 16.7. The molecule has 35 heavy (non-hydrogen) atoms. The Bertz CT molecular complexity index is 1440. The number of pyridine rings is 1. The zero-order chi connectivity index (χ0) is 24.8. The van der Waals surface area contributed by atoms with Crippen molar-refractivity contribution in [2.75, 3.05) is 10.8 Å². The fraction of sp³-hybridized carbons (Fsp3) is 0.0833. The molecule has 4 rings (SSSR count). The van der Waals surface area contributed by atoms with Gasteiger partial charge in [0.15, 0.2) is 5.15 Å². The predicted molar refractivity (Wildman–Crippen MR) is 134 cm³/mol. The van der Waals surface area contributed by atoms with Crippen LogP contribution in [-0.2, 0) is 14.8 Å². The van der Waals surface area contributed by atoms with E-state index in [9.17, 15) is 13.2 Å². The number of halogens is 1. The van der Waals surface area contributed by atoms with Crippen molar-refractivity contribution in [3.05, 3.63) is 102 Å². The second-order valence-corrected chi connectivity index (χ2v) is 9.59. The number of benzene rings is 2. The summed E-state index contributed by atoms with van der Waals surface area (Å²) in [5, 5.41) is 8.50. The summed E-state index contributed by atoms with van der Waals surface area (Å²) >= 11 is 6.28. The molecule has 2 aromatic heterocycles. The number of amides is 1. The maximum absolute atomic E-state index is 13.2. The number of aromatic nitrogens is 3. The molecule has 1 N–H and O–H groups in total. The molecule has 0 saturated carbocycles. The molecular weight excluding hydrogens is 488 g/mol. The first-order valence-corrected chi connectivity index (χ1v) is 12.3. The van der Waals surface area contributed by atoms with Gasteiger partial charge in [0, 0.05) is 6.20 Å². The number of para-hydroxylation sites is 1. The number of nitrogens with zero attached hydrogens (tertiary/aromatic N) is 5. The molecule has 0 aliphatic carbocycles. The van der Waals surface area contributed by atoms with Crippen molar-refractivity contribution in [3.8, 4) is 5.69 Å². The lowest BCUT2D eigenvalue weighted by molar-refractivity contribution is -0.119. The summed E-state index contributed by atoms with van der Waals surface area (Å²) in [6.07, 6.45) is 4.27. The predicted octanol–water partition coefficient (Wildman–Crippen LogP) is 3.57. The van der Waals surface area contributed by atoms with Gasteiger partial charge in [-0.25, -0.2) is 18.5 Å². The van der Waals surface area contributed by atoms with E-state index in [1.165, 1.54) is 30.7 Å². The third kappa shape index (κ3) is 5.39. The summed E-state index contributed by atoms with van der Waals surface area (Å²) in [6, 6.07) is 20.5. The standard InChI is InChI=1S/C24H21ClN6O3S/c1-18-22(24(25)29-31(18)19-9-4-2-5-10-19)16-27-28-23(32)17-30(20-11-8-14-26-15-20)35(33,34)21-12-6-3-7-13-21/h2-16H,17H2,1H3,(H,28,32). The third-order valence-electron chi connectivity index (χ3n) is 5.05. The number of hydrazone groups is 1. The highest BCUT2D eigenvalue weighted by atomic mass is 35.5. The van der Waals surface area contributed by atoms with Gasteiger partial charge in [0.2, 0.25) is 0 Å². The van der Waals surface area contributed by atoms with Gasteiger partial charge in [0.05, 0.1) is 39.9 Å². The Hall–Kier alpha value is -4.02. The van der Waals surface area contributed by atoms with Gasteiger partial charge in [-0.05, 0) is 43.3 Å². The van der Waals surface area contributed by atoms with E-state index in [2.05, 4.69) is 20.6 Å². The Morgan fingerprint density at radius 3 is 2.43 bits per heavy atom. The van der Waals surface area contributed by atoms with Gasteiger partial charge in [0.25, 0.3) is 15.9 Å². The minimum Gasteiger partial charge on any atom is -0.271 e. The van der Waals surface area contributed by atoms with Gasteiger partial charge in [-0.15, -0.1) is 0 Å². The fourth-order valence-electron chi connectivity index (χ4n) is 3.32. The lowest BCUT2D eigenvalue weighted by atomic mass is 10.2. The molecule has 9 nitrogen and oxygen atoms in total. The highest BCUT2D eigenvalue weighted by molar-refractivity contribution is 7.92. The summed E-state index contributed by atoms with van der Waals surface area (Å²) in [6.45, 7) is 1.32. The lowest BCUT2D eigenvalue weighted by Crippen LogP contribution is -2.39. The molecule has 0 aliphatic heterocycles. The second-order valence-electron chi connectivity index (χ2n) is 7.37. The average molecular weight is 509 g/mol. The van der Waals surface area contributed by atoms with Crippen molar-refractivity contribution in [2.45, 2.75) is 11.8 Å². The SMILES string of the molecule is Cc1c(C=NNC(=O)CN(c2cccnc2)S(=O)(=O)c2ccccc2)c(Cl)nn1-c1ccccc1. The van der Waals surface area contributed by atoms with Crippen molar-refractivity contribution in [1.29, 1.82) is 0 Å². The Balaban J connectivity index is 1.53. The van der Waals surface area contributed by atoms with Gasteiger partial charge >= 0.3 is 0 Å². The summed E-state index contributed by atoms with van der Waals surface area (Å²) in [5.41, 5.74) is 4.69. The van der Waals surface area contributed by atoms with Crippen molar-refractivity contribution >= 4 is 39.4 Å². The highest BCUT2D eigenvalue weighted by Gasteiger charge is 2.27. The van der Waals surface area contributed by atoms with Crippen LogP contribution in [0.2, 0.25) is 5.15 Å². The van der Waals surface area contributed by atoms with Crippen LogP contribution in [0.4, 0.5) is 5.69 Å². The van der Waals surface area contributed by atoms with E-state index < -0.39 is 22.5 Å². The van der Waals surface area contributed by atoms with Gasteiger partial charge < -0.3 is 0 Å².